The zero-order chi connectivity index (χ0) is 20.1. The van der Waals surface area contributed by atoms with Crippen LogP contribution in [-0.4, -0.2) is 13.2 Å². The molecule has 0 spiro atoms. The standard InChI is InChI=1S/C11H18O3.C10H16O2/c1-8-10(14-9(2)13-8)6-12-7-11(3,4)5;1-7-9(6-10(3,4)5)12-8(2)11-7/h2,6-7H2,1,3-5H3;2,6H2,1,3-5H3. The first kappa shape index (κ1) is 22.2. The molecule has 148 valence electrons. The van der Waals surface area contributed by atoms with Gasteiger partial charge < -0.3 is 23.7 Å². The molecule has 0 aliphatic carbocycles. The summed E-state index contributed by atoms with van der Waals surface area (Å²) in [7, 11) is 0. The molecule has 0 saturated heterocycles. The van der Waals surface area contributed by atoms with Crippen molar-refractivity contribution in [1.29, 1.82) is 0 Å². The number of rotatable bonds is 4. The SMILES string of the molecule is C=C1OC(C)=C(CC(C)(C)C)O1.C=C1OC(C)=C(COCC(C)(C)C)O1. The Morgan fingerprint density at radius 1 is 0.731 bits per heavy atom. The largest absolute Gasteiger partial charge is 0.428 e. The molecule has 0 saturated carbocycles. The normalized spacial score (nSPS) is 17.4. The Morgan fingerprint density at radius 2 is 1.19 bits per heavy atom. The summed E-state index contributed by atoms with van der Waals surface area (Å²) >= 11 is 0. The van der Waals surface area contributed by atoms with E-state index in [2.05, 4.69) is 54.7 Å². The molecule has 5 nitrogen and oxygen atoms in total. The van der Waals surface area contributed by atoms with Gasteiger partial charge in [-0.1, -0.05) is 41.5 Å². The average molecular weight is 366 g/mol. The highest BCUT2D eigenvalue weighted by Crippen LogP contribution is 2.32. The van der Waals surface area contributed by atoms with Crippen LogP contribution in [0, 0.1) is 10.8 Å². The molecule has 0 amide bonds. The van der Waals surface area contributed by atoms with Gasteiger partial charge in [-0.2, -0.15) is 0 Å². The van der Waals surface area contributed by atoms with Crippen molar-refractivity contribution in [1.82, 2.24) is 0 Å². The summed E-state index contributed by atoms with van der Waals surface area (Å²) in [6, 6.07) is 0. The van der Waals surface area contributed by atoms with E-state index in [1.54, 1.807) is 0 Å². The van der Waals surface area contributed by atoms with E-state index in [0.717, 1.165) is 29.5 Å². The monoisotopic (exact) mass is 366 g/mol. The van der Waals surface area contributed by atoms with Gasteiger partial charge in [0.25, 0.3) is 11.9 Å². The smallest absolute Gasteiger partial charge is 0.282 e. The van der Waals surface area contributed by atoms with Crippen LogP contribution >= 0.6 is 0 Å². The first-order valence-electron chi connectivity index (χ1n) is 8.83. The van der Waals surface area contributed by atoms with Crippen molar-refractivity contribution in [3.8, 4) is 0 Å². The van der Waals surface area contributed by atoms with Gasteiger partial charge >= 0.3 is 0 Å². The first-order chi connectivity index (χ1) is 11.8. The van der Waals surface area contributed by atoms with Crippen LogP contribution in [0.25, 0.3) is 0 Å². The average Bonchev–Trinajstić information content (AvgIpc) is 2.89. The van der Waals surface area contributed by atoms with Gasteiger partial charge in [0.1, 0.15) is 23.9 Å². The predicted molar refractivity (Wildman–Crippen MR) is 102 cm³/mol. The third kappa shape index (κ3) is 8.48. The maximum absolute atomic E-state index is 5.50. The van der Waals surface area contributed by atoms with Crippen LogP contribution in [0.2, 0.25) is 0 Å². The number of hydrogen-bond donors (Lipinski definition) is 0. The third-order valence-electron chi connectivity index (χ3n) is 3.25. The van der Waals surface area contributed by atoms with E-state index in [1.807, 2.05) is 13.8 Å². The molecule has 0 bridgehead atoms. The van der Waals surface area contributed by atoms with Crippen LogP contribution in [0.1, 0.15) is 61.8 Å². The van der Waals surface area contributed by atoms with Gasteiger partial charge in [-0.15, -0.1) is 0 Å². The van der Waals surface area contributed by atoms with Crippen LogP contribution in [0.15, 0.2) is 48.1 Å². The van der Waals surface area contributed by atoms with Gasteiger partial charge in [-0.25, -0.2) is 0 Å². The molecule has 0 fully saturated rings. The second-order valence-corrected chi connectivity index (χ2v) is 8.90. The maximum Gasteiger partial charge on any atom is 0.282 e. The van der Waals surface area contributed by atoms with Crippen LogP contribution in [-0.2, 0) is 23.7 Å². The van der Waals surface area contributed by atoms with Crippen molar-refractivity contribution in [3.63, 3.8) is 0 Å². The van der Waals surface area contributed by atoms with E-state index < -0.39 is 0 Å². The van der Waals surface area contributed by atoms with Gasteiger partial charge in [-0.05, 0) is 37.8 Å². The highest BCUT2D eigenvalue weighted by Gasteiger charge is 2.23. The van der Waals surface area contributed by atoms with Crippen molar-refractivity contribution in [2.24, 2.45) is 10.8 Å². The molecule has 0 unspecified atom stereocenters. The van der Waals surface area contributed by atoms with Gasteiger partial charge in [-0.3, -0.25) is 0 Å². The lowest BCUT2D eigenvalue weighted by molar-refractivity contribution is 0.0635. The fourth-order valence-corrected chi connectivity index (χ4v) is 2.14. The molecule has 2 rings (SSSR count). The number of ether oxygens (including phenoxy) is 5. The third-order valence-corrected chi connectivity index (χ3v) is 3.25. The Morgan fingerprint density at radius 3 is 1.54 bits per heavy atom. The number of hydrogen-bond acceptors (Lipinski definition) is 5. The summed E-state index contributed by atoms with van der Waals surface area (Å²) < 4.78 is 26.4. The lowest BCUT2D eigenvalue weighted by atomic mass is 9.91. The van der Waals surface area contributed by atoms with E-state index in [9.17, 15) is 0 Å². The van der Waals surface area contributed by atoms with Gasteiger partial charge in [0, 0.05) is 6.42 Å². The zero-order valence-electron chi connectivity index (χ0n) is 17.6. The van der Waals surface area contributed by atoms with Crippen molar-refractivity contribution in [2.75, 3.05) is 13.2 Å². The van der Waals surface area contributed by atoms with Gasteiger partial charge in [0.15, 0.2) is 5.76 Å². The summed E-state index contributed by atoms with van der Waals surface area (Å²) in [5.74, 6) is 3.94. The minimum Gasteiger partial charge on any atom is -0.428 e. The highest BCUT2D eigenvalue weighted by molar-refractivity contribution is 5.10. The van der Waals surface area contributed by atoms with E-state index >= 15 is 0 Å². The Labute approximate surface area is 158 Å². The molecule has 0 atom stereocenters. The summed E-state index contributed by atoms with van der Waals surface area (Å²) in [5, 5.41) is 0. The Balaban J connectivity index is 0.000000263. The molecule has 2 aliphatic rings. The van der Waals surface area contributed by atoms with Gasteiger partial charge in [0.05, 0.1) is 6.61 Å². The van der Waals surface area contributed by atoms with Crippen molar-refractivity contribution < 1.29 is 23.7 Å². The molecule has 2 heterocycles. The van der Waals surface area contributed by atoms with Crippen molar-refractivity contribution in [2.45, 2.75) is 61.8 Å². The second-order valence-electron chi connectivity index (χ2n) is 8.90. The summed E-state index contributed by atoms with van der Waals surface area (Å²) in [5.41, 5.74) is 0.398. The van der Waals surface area contributed by atoms with E-state index in [0.29, 0.717) is 25.1 Å². The van der Waals surface area contributed by atoms with E-state index in [1.165, 1.54) is 0 Å². The maximum atomic E-state index is 5.50. The summed E-state index contributed by atoms with van der Waals surface area (Å²) in [6.45, 7) is 24.9. The molecule has 0 N–H and O–H groups in total. The lowest BCUT2D eigenvalue weighted by Gasteiger charge is -2.17. The zero-order valence-corrected chi connectivity index (χ0v) is 17.6. The predicted octanol–water partition coefficient (Wildman–Crippen LogP) is 5.97. The van der Waals surface area contributed by atoms with Crippen molar-refractivity contribution in [3.05, 3.63) is 48.1 Å². The second kappa shape index (κ2) is 8.67. The molecule has 0 aromatic rings. The molecular formula is C21H34O5. The first-order valence-corrected chi connectivity index (χ1v) is 8.83. The fraction of sp³-hybridized carbons (Fsp3) is 0.619. The van der Waals surface area contributed by atoms with E-state index in [-0.39, 0.29) is 10.8 Å². The molecular weight excluding hydrogens is 332 g/mol. The van der Waals surface area contributed by atoms with Crippen LogP contribution in [0.5, 0.6) is 0 Å². The van der Waals surface area contributed by atoms with Crippen LogP contribution in [0.3, 0.4) is 0 Å². The van der Waals surface area contributed by atoms with Crippen LogP contribution < -0.4 is 0 Å². The summed E-state index contributed by atoms with van der Waals surface area (Å²) in [4.78, 5) is 0. The lowest BCUT2D eigenvalue weighted by Crippen LogP contribution is -2.15. The Bertz CT molecular complexity index is 597. The molecule has 0 aromatic heterocycles. The summed E-state index contributed by atoms with van der Waals surface area (Å²) in [6.07, 6.45) is 0.887. The molecule has 26 heavy (non-hydrogen) atoms. The molecule has 5 heteroatoms. The topological polar surface area (TPSA) is 46.2 Å². The Kier molecular flexibility index (Phi) is 7.39. The van der Waals surface area contributed by atoms with Gasteiger partial charge in [0.2, 0.25) is 0 Å². The molecule has 2 aliphatic heterocycles. The van der Waals surface area contributed by atoms with Crippen LogP contribution in [0.4, 0.5) is 0 Å². The minimum atomic E-state index is 0.172. The quantitative estimate of drug-likeness (QED) is 0.613. The van der Waals surface area contributed by atoms with E-state index in [4.69, 9.17) is 23.7 Å². The number of allylic oxidation sites excluding steroid dienone is 3. The van der Waals surface area contributed by atoms with Crippen molar-refractivity contribution >= 4 is 0 Å². The minimum absolute atomic E-state index is 0.172. The highest BCUT2D eigenvalue weighted by atomic mass is 16.7. The molecule has 0 radical (unpaired) electrons. The fourth-order valence-electron chi connectivity index (χ4n) is 2.14. The molecule has 0 aromatic carbocycles. The Hall–Kier alpha value is -1.88.